The smallest absolute Gasteiger partial charge is 0.251 e. The summed E-state index contributed by atoms with van der Waals surface area (Å²) in [6.45, 7) is 6.26. The van der Waals surface area contributed by atoms with Crippen LogP contribution in [0.15, 0.2) is 79.1 Å². The number of hydrogen-bond acceptors (Lipinski definition) is 3. The number of carbonyl (C=O) groups excluding carboxylic acids is 2. The molecule has 0 spiro atoms. The van der Waals surface area contributed by atoms with Crippen molar-refractivity contribution in [2.75, 3.05) is 11.9 Å². The summed E-state index contributed by atoms with van der Waals surface area (Å²) in [7, 11) is 0. The standard InChI is InChI=1S/C26H26N4O2/c1-26(2,3)19-10-8-18(9-11-19)25(32)27-16-24(31)29-20-12-14-21(15-13-20)30-17-28-22-6-4-5-7-23(22)30/h4-15,17H,16H2,1-3H3,(H,27,32)(H,29,31). The van der Waals surface area contributed by atoms with E-state index in [2.05, 4.69) is 36.4 Å². The van der Waals surface area contributed by atoms with Crippen molar-refractivity contribution in [3.63, 3.8) is 0 Å². The average Bonchev–Trinajstić information content (AvgIpc) is 3.22. The minimum Gasteiger partial charge on any atom is -0.343 e. The Hall–Kier alpha value is -3.93. The number of nitrogens with one attached hydrogen (secondary N) is 2. The summed E-state index contributed by atoms with van der Waals surface area (Å²) >= 11 is 0. The van der Waals surface area contributed by atoms with Crippen molar-refractivity contribution in [3.05, 3.63) is 90.3 Å². The summed E-state index contributed by atoms with van der Waals surface area (Å²) in [5.74, 6) is -0.562. The molecule has 6 heteroatoms. The molecule has 0 bridgehead atoms. The molecule has 6 nitrogen and oxygen atoms in total. The first-order valence-electron chi connectivity index (χ1n) is 10.5. The van der Waals surface area contributed by atoms with E-state index in [1.54, 1.807) is 18.5 Å². The molecule has 32 heavy (non-hydrogen) atoms. The summed E-state index contributed by atoms with van der Waals surface area (Å²) in [4.78, 5) is 29.0. The molecular formula is C26H26N4O2. The fraction of sp³-hybridized carbons (Fsp3) is 0.192. The van der Waals surface area contributed by atoms with Crippen molar-refractivity contribution < 1.29 is 9.59 Å². The van der Waals surface area contributed by atoms with E-state index in [9.17, 15) is 9.59 Å². The van der Waals surface area contributed by atoms with Crippen LogP contribution in [0.1, 0.15) is 36.7 Å². The SMILES string of the molecule is CC(C)(C)c1ccc(C(=O)NCC(=O)Nc2ccc(-n3cnc4ccccc43)cc2)cc1. The van der Waals surface area contributed by atoms with Gasteiger partial charge in [-0.2, -0.15) is 0 Å². The number of amides is 2. The third-order valence-electron chi connectivity index (χ3n) is 5.31. The van der Waals surface area contributed by atoms with Gasteiger partial charge in [-0.05, 0) is 59.5 Å². The Balaban J connectivity index is 1.34. The van der Waals surface area contributed by atoms with Gasteiger partial charge in [-0.1, -0.05) is 45.0 Å². The van der Waals surface area contributed by atoms with Gasteiger partial charge in [0.2, 0.25) is 5.91 Å². The fourth-order valence-electron chi connectivity index (χ4n) is 3.46. The molecule has 0 aliphatic heterocycles. The predicted molar refractivity (Wildman–Crippen MR) is 127 cm³/mol. The number of aromatic nitrogens is 2. The highest BCUT2D eigenvalue weighted by molar-refractivity contribution is 5.99. The van der Waals surface area contributed by atoms with Crippen LogP contribution >= 0.6 is 0 Å². The van der Waals surface area contributed by atoms with E-state index < -0.39 is 0 Å². The maximum atomic E-state index is 12.3. The molecule has 0 unspecified atom stereocenters. The van der Waals surface area contributed by atoms with Crippen LogP contribution in [0, 0.1) is 0 Å². The van der Waals surface area contributed by atoms with Crippen molar-refractivity contribution in [2.45, 2.75) is 26.2 Å². The van der Waals surface area contributed by atoms with Crippen molar-refractivity contribution in [3.8, 4) is 5.69 Å². The fourth-order valence-corrected chi connectivity index (χ4v) is 3.46. The molecule has 0 atom stereocenters. The van der Waals surface area contributed by atoms with Gasteiger partial charge in [0.15, 0.2) is 0 Å². The molecule has 0 saturated carbocycles. The number of imidazole rings is 1. The van der Waals surface area contributed by atoms with Crippen molar-refractivity contribution in [1.29, 1.82) is 0 Å². The minimum absolute atomic E-state index is 0.0232. The molecule has 162 valence electrons. The molecule has 1 aromatic heterocycles. The molecule has 0 fully saturated rings. The molecule has 0 radical (unpaired) electrons. The summed E-state index contributed by atoms with van der Waals surface area (Å²) in [6.07, 6.45) is 1.78. The number of hydrogen-bond donors (Lipinski definition) is 2. The summed E-state index contributed by atoms with van der Waals surface area (Å²) in [6, 6.07) is 22.9. The van der Waals surface area contributed by atoms with E-state index in [1.807, 2.05) is 65.2 Å². The molecule has 2 amide bonds. The van der Waals surface area contributed by atoms with Crippen LogP contribution in [-0.2, 0) is 10.2 Å². The van der Waals surface area contributed by atoms with Gasteiger partial charge in [0.25, 0.3) is 5.91 Å². The Kier molecular flexibility index (Phi) is 5.77. The number of fused-ring (bicyclic) bond motifs is 1. The first-order valence-corrected chi connectivity index (χ1v) is 10.5. The number of anilines is 1. The minimum atomic E-state index is -0.287. The van der Waals surface area contributed by atoms with Crippen molar-refractivity contribution >= 4 is 28.5 Å². The number of nitrogens with zero attached hydrogens (tertiary/aromatic N) is 2. The van der Waals surface area contributed by atoms with Crippen LogP contribution in [0.2, 0.25) is 0 Å². The van der Waals surface area contributed by atoms with Gasteiger partial charge in [0.05, 0.1) is 17.6 Å². The van der Waals surface area contributed by atoms with Gasteiger partial charge in [-0.15, -0.1) is 0 Å². The molecule has 3 aromatic carbocycles. The van der Waals surface area contributed by atoms with E-state index in [0.717, 1.165) is 22.3 Å². The molecule has 4 aromatic rings. The Morgan fingerprint density at radius 1 is 0.906 bits per heavy atom. The predicted octanol–water partition coefficient (Wildman–Crippen LogP) is 4.69. The topological polar surface area (TPSA) is 76.0 Å². The molecule has 0 saturated heterocycles. The first-order chi connectivity index (χ1) is 15.3. The van der Waals surface area contributed by atoms with E-state index in [0.29, 0.717) is 11.3 Å². The second kappa shape index (κ2) is 8.67. The summed E-state index contributed by atoms with van der Waals surface area (Å²) in [5, 5.41) is 5.48. The van der Waals surface area contributed by atoms with Gasteiger partial charge in [0, 0.05) is 16.9 Å². The highest BCUT2D eigenvalue weighted by atomic mass is 16.2. The number of rotatable bonds is 5. The van der Waals surface area contributed by atoms with Gasteiger partial charge < -0.3 is 10.6 Å². The largest absolute Gasteiger partial charge is 0.343 e. The maximum Gasteiger partial charge on any atom is 0.251 e. The maximum absolute atomic E-state index is 12.3. The second-order valence-corrected chi connectivity index (χ2v) is 8.71. The quantitative estimate of drug-likeness (QED) is 0.486. The lowest BCUT2D eigenvalue weighted by Gasteiger charge is -2.19. The van der Waals surface area contributed by atoms with Gasteiger partial charge >= 0.3 is 0 Å². The van der Waals surface area contributed by atoms with Crippen LogP contribution in [0.25, 0.3) is 16.7 Å². The third kappa shape index (κ3) is 4.70. The van der Waals surface area contributed by atoms with Gasteiger partial charge in [-0.3, -0.25) is 14.2 Å². The van der Waals surface area contributed by atoms with E-state index in [4.69, 9.17) is 0 Å². The lowest BCUT2D eigenvalue weighted by Crippen LogP contribution is -2.32. The third-order valence-corrected chi connectivity index (χ3v) is 5.31. The Morgan fingerprint density at radius 2 is 1.59 bits per heavy atom. The normalized spacial score (nSPS) is 11.3. The lowest BCUT2D eigenvalue weighted by atomic mass is 9.87. The number of para-hydroxylation sites is 2. The summed E-state index contributed by atoms with van der Waals surface area (Å²) in [5.41, 5.74) is 5.25. The zero-order valence-corrected chi connectivity index (χ0v) is 18.4. The van der Waals surface area contributed by atoms with Crippen LogP contribution in [0.3, 0.4) is 0 Å². The van der Waals surface area contributed by atoms with Crippen LogP contribution < -0.4 is 10.6 Å². The summed E-state index contributed by atoms with van der Waals surface area (Å²) < 4.78 is 1.99. The van der Waals surface area contributed by atoms with Crippen LogP contribution in [0.4, 0.5) is 5.69 Å². The zero-order valence-electron chi connectivity index (χ0n) is 18.4. The molecule has 2 N–H and O–H groups in total. The van der Waals surface area contributed by atoms with E-state index >= 15 is 0 Å². The van der Waals surface area contributed by atoms with E-state index in [1.165, 1.54) is 0 Å². The van der Waals surface area contributed by atoms with Crippen LogP contribution in [0.5, 0.6) is 0 Å². The zero-order chi connectivity index (χ0) is 22.7. The highest BCUT2D eigenvalue weighted by Gasteiger charge is 2.14. The molecule has 0 aliphatic carbocycles. The second-order valence-electron chi connectivity index (χ2n) is 8.71. The van der Waals surface area contributed by atoms with Crippen molar-refractivity contribution in [1.82, 2.24) is 14.9 Å². The first kappa shape index (κ1) is 21.3. The lowest BCUT2D eigenvalue weighted by molar-refractivity contribution is -0.115. The molecule has 0 aliphatic rings. The molecule has 4 rings (SSSR count). The molecule has 1 heterocycles. The Morgan fingerprint density at radius 3 is 2.28 bits per heavy atom. The Labute approximate surface area is 187 Å². The van der Waals surface area contributed by atoms with E-state index in [-0.39, 0.29) is 23.8 Å². The monoisotopic (exact) mass is 426 g/mol. The van der Waals surface area contributed by atoms with Crippen LogP contribution in [-0.4, -0.2) is 27.9 Å². The van der Waals surface area contributed by atoms with Gasteiger partial charge in [0.1, 0.15) is 6.33 Å². The van der Waals surface area contributed by atoms with Gasteiger partial charge in [-0.25, -0.2) is 4.98 Å². The Bertz CT molecular complexity index is 1250. The number of carbonyl (C=O) groups is 2. The number of benzene rings is 3. The average molecular weight is 427 g/mol. The molecular weight excluding hydrogens is 400 g/mol. The van der Waals surface area contributed by atoms with Crippen molar-refractivity contribution in [2.24, 2.45) is 0 Å². The highest BCUT2D eigenvalue weighted by Crippen LogP contribution is 2.22.